The van der Waals surface area contributed by atoms with Crippen molar-refractivity contribution in [1.29, 1.82) is 0 Å². The van der Waals surface area contributed by atoms with Crippen molar-refractivity contribution < 1.29 is 9.90 Å². The second-order valence-corrected chi connectivity index (χ2v) is 9.15. The molecule has 3 aliphatic heterocycles. The van der Waals surface area contributed by atoms with E-state index in [-0.39, 0.29) is 24.0 Å². The zero-order valence-corrected chi connectivity index (χ0v) is 17.2. The van der Waals surface area contributed by atoms with Crippen LogP contribution in [0.15, 0.2) is 48.5 Å². The minimum absolute atomic E-state index is 0.0111. The van der Waals surface area contributed by atoms with Crippen LogP contribution in [-0.4, -0.2) is 40.4 Å². The molecule has 5 unspecified atom stereocenters. The number of carbonyl (C=O) groups is 1. The Bertz CT molecular complexity index is 929. The lowest BCUT2D eigenvalue weighted by molar-refractivity contribution is -0.121. The minimum atomic E-state index is -0.924. The number of para-hydroxylation sites is 1. The number of hydrogen-bond donors (Lipinski definition) is 2. The van der Waals surface area contributed by atoms with Crippen molar-refractivity contribution in [3.05, 3.63) is 59.7 Å². The van der Waals surface area contributed by atoms with Crippen LogP contribution in [0.4, 0.5) is 11.4 Å². The Kier molecular flexibility index (Phi) is 4.41. The van der Waals surface area contributed by atoms with E-state index < -0.39 is 6.35 Å². The highest BCUT2D eigenvalue weighted by molar-refractivity contribution is 6.00. The van der Waals surface area contributed by atoms with Gasteiger partial charge in [0.25, 0.3) is 0 Å². The number of benzene rings is 2. The van der Waals surface area contributed by atoms with Gasteiger partial charge in [0.2, 0.25) is 5.91 Å². The average molecular weight is 392 g/mol. The number of aliphatic hydroxyl groups is 1. The SMILES string of the molecule is Cc1ccc2c(c1)C1CC3C(=O)N(c4ccccc4)C(O)N3C(CC(C)C)C1N2. The number of aryl methyl sites for hydroxylation is 1. The third-order valence-electron chi connectivity index (χ3n) is 6.76. The Morgan fingerprint density at radius 3 is 2.66 bits per heavy atom. The summed E-state index contributed by atoms with van der Waals surface area (Å²) in [7, 11) is 0. The van der Waals surface area contributed by atoms with Gasteiger partial charge in [-0.25, -0.2) is 4.90 Å². The van der Waals surface area contributed by atoms with Gasteiger partial charge in [0.05, 0.1) is 6.04 Å². The van der Waals surface area contributed by atoms with E-state index in [1.807, 2.05) is 30.3 Å². The van der Waals surface area contributed by atoms with Gasteiger partial charge in [0, 0.05) is 29.4 Å². The maximum absolute atomic E-state index is 13.5. The molecule has 3 aliphatic rings. The number of piperidine rings is 1. The lowest BCUT2D eigenvalue weighted by Gasteiger charge is -2.45. The molecule has 5 rings (SSSR count). The summed E-state index contributed by atoms with van der Waals surface area (Å²) in [6.45, 7) is 6.55. The second kappa shape index (κ2) is 6.85. The number of hydrogen-bond acceptors (Lipinski definition) is 4. The van der Waals surface area contributed by atoms with E-state index in [9.17, 15) is 9.90 Å². The van der Waals surface area contributed by atoms with E-state index in [0.717, 1.165) is 18.5 Å². The standard InChI is InChI=1S/C24H29N3O2/c1-14(2)11-20-22-18(17-12-15(3)9-10-19(17)25-22)13-21-23(28)26(24(29)27(20)21)16-7-5-4-6-8-16/h4-10,12,14,18,20-22,24-25,29H,11,13H2,1-3H3. The first-order valence-electron chi connectivity index (χ1n) is 10.7. The van der Waals surface area contributed by atoms with Gasteiger partial charge in [0.15, 0.2) is 6.35 Å². The molecular formula is C24H29N3O2. The highest BCUT2D eigenvalue weighted by Crippen LogP contribution is 2.49. The van der Waals surface area contributed by atoms with Crippen molar-refractivity contribution in [2.45, 2.75) is 64.0 Å². The van der Waals surface area contributed by atoms with E-state index in [0.29, 0.717) is 11.8 Å². The summed E-state index contributed by atoms with van der Waals surface area (Å²) < 4.78 is 0. The van der Waals surface area contributed by atoms with E-state index in [1.165, 1.54) is 16.8 Å². The monoisotopic (exact) mass is 391 g/mol. The normalized spacial score (nSPS) is 30.9. The van der Waals surface area contributed by atoms with Crippen molar-refractivity contribution in [3.63, 3.8) is 0 Å². The van der Waals surface area contributed by atoms with Crippen molar-refractivity contribution in [2.75, 3.05) is 10.2 Å². The van der Waals surface area contributed by atoms with Crippen LogP contribution in [0.3, 0.4) is 0 Å². The third-order valence-corrected chi connectivity index (χ3v) is 6.76. The van der Waals surface area contributed by atoms with Crippen molar-refractivity contribution in [2.24, 2.45) is 5.92 Å². The number of amides is 1. The highest BCUT2D eigenvalue weighted by atomic mass is 16.3. The maximum Gasteiger partial charge on any atom is 0.247 e. The third kappa shape index (κ3) is 2.87. The fraction of sp³-hybridized carbons (Fsp3) is 0.458. The predicted octanol–water partition coefficient (Wildman–Crippen LogP) is 3.68. The predicted molar refractivity (Wildman–Crippen MR) is 115 cm³/mol. The Labute approximate surface area is 172 Å². The minimum Gasteiger partial charge on any atom is -0.380 e. The molecule has 0 aliphatic carbocycles. The molecule has 0 spiro atoms. The van der Waals surface area contributed by atoms with Crippen LogP contribution in [0.5, 0.6) is 0 Å². The smallest absolute Gasteiger partial charge is 0.247 e. The molecule has 0 bridgehead atoms. The Balaban J connectivity index is 1.56. The molecule has 29 heavy (non-hydrogen) atoms. The molecule has 2 fully saturated rings. The molecule has 1 amide bonds. The molecule has 0 saturated carbocycles. The molecule has 0 radical (unpaired) electrons. The summed E-state index contributed by atoms with van der Waals surface area (Å²) >= 11 is 0. The van der Waals surface area contributed by atoms with E-state index >= 15 is 0 Å². The summed E-state index contributed by atoms with van der Waals surface area (Å²) in [5, 5.41) is 15.0. The number of rotatable bonds is 3. The van der Waals surface area contributed by atoms with Crippen LogP contribution < -0.4 is 10.2 Å². The van der Waals surface area contributed by atoms with Gasteiger partial charge in [-0.2, -0.15) is 0 Å². The van der Waals surface area contributed by atoms with E-state index in [2.05, 4.69) is 49.2 Å². The molecule has 2 saturated heterocycles. The summed E-state index contributed by atoms with van der Waals surface area (Å²) in [6.07, 6.45) is 0.749. The summed E-state index contributed by atoms with van der Waals surface area (Å²) in [5.74, 6) is 0.776. The van der Waals surface area contributed by atoms with Crippen LogP contribution in [0.2, 0.25) is 0 Å². The van der Waals surface area contributed by atoms with Crippen LogP contribution in [-0.2, 0) is 4.79 Å². The average Bonchev–Trinajstić information content (AvgIpc) is 3.17. The Hall–Kier alpha value is -2.37. The molecule has 5 nitrogen and oxygen atoms in total. The number of fused-ring (bicyclic) bond motifs is 4. The molecule has 3 heterocycles. The quantitative estimate of drug-likeness (QED) is 0.838. The molecule has 2 aromatic rings. The molecule has 152 valence electrons. The lowest BCUT2D eigenvalue weighted by Crippen LogP contribution is -2.59. The van der Waals surface area contributed by atoms with Crippen molar-refractivity contribution >= 4 is 17.3 Å². The second-order valence-electron chi connectivity index (χ2n) is 9.15. The van der Waals surface area contributed by atoms with Crippen LogP contribution in [0.1, 0.15) is 43.7 Å². The molecule has 2 aromatic carbocycles. The van der Waals surface area contributed by atoms with Crippen molar-refractivity contribution in [1.82, 2.24) is 4.90 Å². The largest absolute Gasteiger partial charge is 0.380 e. The van der Waals surface area contributed by atoms with E-state index in [4.69, 9.17) is 0 Å². The van der Waals surface area contributed by atoms with Crippen LogP contribution in [0, 0.1) is 12.8 Å². The number of nitrogens with one attached hydrogen (secondary N) is 1. The topological polar surface area (TPSA) is 55.8 Å². The van der Waals surface area contributed by atoms with Crippen molar-refractivity contribution in [3.8, 4) is 0 Å². The van der Waals surface area contributed by atoms with Gasteiger partial charge >= 0.3 is 0 Å². The van der Waals surface area contributed by atoms with Gasteiger partial charge < -0.3 is 10.4 Å². The Morgan fingerprint density at radius 1 is 1.17 bits per heavy atom. The first kappa shape index (κ1) is 18.6. The Morgan fingerprint density at radius 2 is 1.93 bits per heavy atom. The molecule has 5 heteroatoms. The summed E-state index contributed by atoms with van der Waals surface area (Å²) in [6, 6.07) is 16.1. The number of nitrogens with zero attached hydrogens (tertiary/aromatic N) is 2. The van der Waals surface area contributed by atoms with Crippen LogP contribution in [0.25, 0.3) is 0 Å². The zero-order valence-electron chi connectivity index (χ0n) is 17.2. The van der Waals surface area contributed by atoms with E-state index in [1.54, 1.807) is 4.90 Å². The molecule has 5 atom stereocenters. The van der Waals surface area contributed by atoms with Gasteiger partial charge in [0.1, 0.15) is 0 Å². The number of carbonyl (C=O) groups excluding carboxylic acids is 1. The van der Waals surface area contributed by atoms with Gasteiger partial charge in [-0.3, -0.25) is 9.69 Å². The summed E-state index contributed by atoms with van der Waals surface area (Å²) in [4.78, 5) is 17.1. The first-order valence-corrected chi connectivity index (χ1v) is 10.7. The van der Waals surface area contributed by atoms with Gasteiger partial charge in [-0.05, 0) is 49.4 Å². The maximum atomic E-state index is 13.5. The summed E-state index contributed by atoms with van der Waals surface area (Å²) in [5.41, 5.74) is 4.51. The fourth-order valence-electron chi connectivity index (χ4n) is 5.58. The van der Waals surface area contributed by atoms with Gasteiger partial charge in [-0.15, -0.1) is 0 Å². The highest BCUT2D eigenvalue weighted by Gasteiger charge is 2.57. The van der Waals surface area contributed by atoms with Crippen LogP contribution >= 0.6 is 0 Å². The number of anilines is 2. The molecular weight excluding hydrogens is 362 g/mol. The fourth-order valence-corrected chi connectivity index (χ4v) is 5.58. The molecule has 0 aromatic heterocycles. The molecule has 2 N–H and O–H groups in total. The van der Waals surface area contributed by atoms with Gasteiger partial charge in [-0.1, -0.05) is 49.7 Å². The lowest BCUT2D eigenvalue weighted by atomic mass is 9.78. The zero-order chi connectivity index (χ0) is 20.3. The number of aliphatic hydroxyl groups excluding tert-OH is 1. The first-order chi connectivity index (χ1) is 14.0.